The van der Waals surface area contributed by atoms with Crippen LogP contribution < -0.4 is 4.72 Å². The lowest BCUT2D eigenvalue weighted by molar-refractivity contribution is 0.0984. The number of rotatable bonds is 4. The molecule has 1 N–H and O–H groups in total. The summed E-state index contributed by atoms with van der Waals surface area (Å²) in [4.78, 5) is 16.6. The van der Waals surface area contributed by atoms with Crippen molar-refractivity contribution >= 4 is 29.3 Å². The lowest BCUT2D eigenvalue weighted by Crippen LogP contribution is -2.16. The molecule has 0 spiro atoms. The predicted molar refractivity (Wildman–Crippen MR) is 87.1 cm³/mol. The number of carbonyl (C=O) groups excluding carboxylic acids is 1. The van der Waals surface area contributed by atoms with Crippen molar-refractivity contribution in [2.75, 3.05) is 5.75 Å². The highest BCUT2D eigenvalue weighted by molar-refractivity contribution is 7.97. The molecule has 3 nitrogen and oxygen atoms in total. The number of aryl methyl sites for hydroxylation is 1. The number of aliphatic imine (C=N–C) groups is 1. The molecule has 1 aliphatic rings. The van der Waals surface area contributed by atoms with E-state index in [1.54, 1.807) is 0 Å². The number of amides is 1. The molecule has 1 aromatic rings. The molecule has 0 bridgehead atoms. The molecular weight excluding hydrogens is 268 g/mol. The highest BCUT2D eigenvalue weighted by Gasteiger charge is 2.12. The smallest absolute Gasteiger partial charge is 0.261 e. The molecule has 4 heteroatoms. The Morgan fingerprint density at radius 3 is 2.90 bits per heavy atom. The van der Waals surface area contributed by atoms with Gasteiger partial charge in [-0.3, -0.25) is 14.5 Å². The summed E-state index contributed by atoms with van der Waals surface area (Å²) in [6, 6.07) is 5.79. The van der Waals surface area contributed by atoms with Gasteiger partial charge in [-0.25, -0.2) is 0 Å². The van der Waals surface area contributed by atoms with Crippen molar-refractivity contribution in [3.63, 3.8) is 0 Å². The fourth-order valence-corrected chi connectivity index (χ4v) is 2.52. The molecule has 0 aromatic heterocycles. The first-order valence-corrected chi connectivity index (χ1v) is 7.88. The van der Waals surface area contributed by atoms with Crippen LogP contribution in [-0.2, 0) is 0 Å². The van der Waals surface area contributed by atoms with Gasteiger partial charge < -0.3 is 0 Å². The average Bonchev–Trinajstić information content (AvgIpc) is 2.45. The van der Waals surface area contributed by atoms with Crippen molar-refractivity contribution in [1.29, 1.82) is 0 Å². The standard InChI is InChI=1S/C16H20N2OS/c1-4-20-18-16(19)13-9-8-11(2)14(10-13)15-7-5-6-12(3)17-15/h7-10H,4-6H2,1-3H3,(H,18,19). The number of carbonyl (C=O) groups is 1. The SMILES string of the molecule is CCSNC(=O)c1ccc(C)c(C2=CCCC(C)=N2)c1. The van der Waals surface area contributed by atoms with Gasteiger partial charge in [0.15, 0.2) is 0 Å². The highest BCUT2D eigenvalue weighted by Crippen LogP contribution is 2.25. The Morgan fingerprint density at radius 1 is 1.40 bits per heavy atom. The first kappa shape index (κ1) is 14.9. The first-order chi connectivity index (χ1) is 9.61. The predicted octanol–water partition coefficient (Wildman–Crippen LogP) is 3.99. The Labute approximate surface area is 124 Å². The first-order valence-electron chi connectivity index (χ1n) is 6.89. The van der Waals surface area contributed by atoms with Gasteiger partial charge in [-0.2, -0.15) is 0 Å². The van der Waals surface area contributed by atoms with E-state index in [0.717, 1.165) is 41.1 Å². The fourth-order valence-electron chi connectivity index (χ4n) is 2.13. The second-order valence-corrected chi connectivity index (χ2v) is 5.94. The van der Waals surface area contributed by atoms with Crippen molar-refractivity contribution in [1.82, 2.24) is 4.72 Å². The van der Waals surface area contributed by atoms with Gasteiger partial charge in [0.05, 0.1) is 5.70 Å². The molecule has 106 valence electrons. The molecule has 0 unspecified atom stereocenters. The van der Waals surface area contributed by atoms with E-state index in [2.05, 4.69) is 29.6 Å². The van der Waals surface area contributed by atoms with Crippen LogP contribution in [0.1, 0.15) is 48.2 Å². The van der Waals surface area contributed by atoms with Crippen molar-refractivity contribution < 1.29 is 4.79 Å². The van der Waals surface area contributed by atoms with E-state index in [0.29, 0.717) is 5.56 Å². The van der Waals surface area contributed by atoms with Gasteiger partial charge in [0.25, 0.3) is 5.91 Å². The summed E-state index contributed by atoms with van der Waals surface area (Å²) in [6.07, 6.45) is 4.19. The molecule has 1 amide bonds. The molecule has 0 fully saturated rings. The van der Waals surface area contributed by atoms with Crippen LogP contribution in [0.5, 0.6) is 0 Å². The quantitative estimate of drug-likeness (QED) is 0.851. The summed E-state index contributed by atoms with van der Waals surface area (Å²) in [6.45, 7) is 6.12. The molecule has 0 saturated carbocycles. The maximum atomic E-state index is 12.0. The number of nitrogens with zero attached hydrogens (tertiary/aromatic N) is 1. The zero-order chi connectivity index (χ0) is 14.5. The molecule has 1 heterocycles. The van der Waals surface area contributed by atoms with Crippen LogP contribution in [0.4, 0.5) is 0 Å². The van der Waals surface area contributed by atoms with E-state index in [-0.39, 0.29) is 5.91 Å². The maximum absolute atomic E-state index is 12.0. The summed E-state index contributed by atoms with van der Waals surface area (Å²) in [7, 11) is 0. The van der Waals surface area contributed by atoms with Crippen LogP contribution >= 0.6 is 11.9 Å². The summed E-state index contributed by atoms with van der Waals surface area (Å²) < 4.78 is 2.83. The van der Waals surface area contributed by atoms with Gasteiger partial charge in [0.1, 0.15) is 0 Å². The van der Waals surface area contributed by atoms with E-state index in [4.69, 9.17) is 0 Å². The Kier molecular flexibility index (Phi) is 5.01. The van der Waals surface area contributed by atoms with Crippen LogP contribution in [0.3, 0.4) is 0 Å². The molecule has 0 saturated heterocycles. The Bertz CT molecular complexity index is 576. The van der Waals surface area contributed by atoms with Crippen molar-refractivity contribution in [3.05, 3.63) is 41.0 Å². The van der Waals surface area contributed by atoms with E-state index in [1.165, 1.54) is 11.9 Å². The number of hydrogen-bond donors (Lipinski definition) is 1. The van der Waals surface area contributed by atoms with E-state index >= 15 is 0 Å². The Morgan fingerprint density at radius 2 is 2.20 bits per heavy atom. The van der Waals surface area contributed by atoms with Gasteiger partial charge in [-0.1, -0.05) is 31.0 Å². The molecular formula is C16H20N2OS. The molecule has 20 heavy (non-hydrogen) atoms. The third-order valence-corrected chi connectivity index (χ3v) is 3.86. The Balaban J connectivity index is 2.30. The molecule has 1 aliphatic heterocycles. The lowest BCUT2D eigenvalue weighted by Gasteiger charge is -2.13. The topological polar surface area (TPSA) is 41.5 Å². The molecule has 1 aromatic carbocycles. The van der Waals surface area contributed by atoms with Crippen LogP contribution in [-0.4, -0.2) is 17.4 Å². The Hall–Kier alpha value is -1.55. The lowest BCUT2D eigenvalue weighted by atomic mass is 9.99. The van der Waals surface area contributed by atoms with Crippen LogP contribution in [0.2, 0.25) is 0 Å². The molecule has 0 radical (unpaired) electrons. The normalized spacial score (nSPS) is 14.6. The molecule has 0 aliphatic carbocycles. The summed E-state index contributed by atoms with van der Waals surface area (Å²) >= 11 is 1.42. The van der Waals surface area contributed by atoms with E-state index in [9.17, 15) is 4.79 Å². The van der Waals surface area contributed by atoms with E-state index in [1.807, 2.05) is 25.1 Å². The van der Waals surface area contributed by atoms with Crippen LogP contribution in [0.25, 0.3) is 5.70 Å². The number of hydrogen-bond acceptors (Lipinski definition) is 3. The maximum Gasteiger partial charge on any atom is 0.261 e. The van der Waals surface area contributed by atoms with Crippen LogP contribution in [0, 0.1) is 6.92 Å². The van der Waals surface area contributed by atoms with Gasteiger partial charge in [-0.15, -0.1) is 0 Å². The minimum absolute atomic E-state index is 0.0461. The second kappa shape index (κ2) is 6.75. The highest BCUT2D eigenvalue weighted by atomic mass is 32.2. The average molecular weight is 288 g/mol. The number of nitrogens with one attached hydrogen (secondary N) is 1. The minimum Gasteiger partial charge on any atom is -0.296 e. The van der Waals surface area contributed by atoms with Crippen LogP contribution in [0.15, 0.2) is 29.3 Å². The van der Waals surface area contributed by atoms with Crippen molar-refractivity contribution in [3.8, 4) is 0 Å². The molecule has 0 atom stereocenters. The van der Waals surface area contributed by atoms with Crippen molar-refractivity contribution in [2.24, 2.45) is 4.99 Å². The zero-order valence-electron chi connectivity index (χ0n) is 12.2. The number of allylic oxidation sites excluding steroid dienone is 1. The largest absolute Gasteiger partial charge is 0.296 e. The van der Waals surface area contributed by atoms with Gasteiger partial charge >= 0.3 is 0 Å². The summed E-state index contributed by atoms with van der Waals surface area (Å²) in [5.74, 6) is 0.814. The minimum atomic E-state index is -0.0461. The van der Waals surface area contributed by atoms with Gasteiger partial charge in [0, 0.05) is 22.6 Å². The second-order valence-electron chi connectivity index (χ2n) is 4.87. The molecule has 2 rings (SSSR count). The third kappa shape index (κ3) is 3.51. The summed E-state index contributed by atoms with van der Waals surface area (Å²) in [5, 5.41) is 0. The van der Waals surface area contributed by atoms with E-state index < -0.39 is 0 Å². The summed E-state index contributed by atoms with van der Waals surface area (Å²) in [5.41, 5.74) is 5.03. The van der Waals surface area contributed by atoms with Crippen molar-refractivity contribution in [2.45, 2.75) is 33.6 Å². The van der Waals surface area contributed by atoms with Gasteiger partial charge in [-0.05, 0) is 44.4 Å². The third-order valence-electron chi connectivity index (χ3n) is 3.24. The number of benzene rings is 1. The van der Waals surface area contributed by atoms with Gasteiger partial charge in [0.2, 0.25) is 0 Å². The zero-order valence-corrected chi connectivity index (χ0v) is 13.0. The monoisotopic (exact) mass is 288 g/mol. The fraction of sp³-hybridized carbons (Fsp3) is 0.375.